The van der Waals surface area contributed by atoms with Gasteiger partial charge in [0.1, 0.15) is 6.61 Å². The maximum absolute atomic E-state index is 11.6. The molecule has 0 unspecified atom stereocenters. The predicted octanol–water partition coefficient (Wildman–Crippen LogP) is 2.16. The SMILES string of the molecule is CN(C)C(=O)COC[C@@H]1CC2(CCN(Cc3ccccc3)CC2)CO1. The smallest absolute Gasteiger partial charge is 0.248 e. The number of carbonyl (C=O) groups excluding carboxylic acids is 1. The van der Waals surface area contributed by atoms with Gasteiger partial charge in [0.2, 0.25) is 5.91 Å². The molecule has 25 heavy (non-hydrogen) atoms. The summed E-state index contributed by atoms with van der Waals surface area (Å²) in [5.41, 5.74) is 1.70. The number of benzene rings is 1. The molecule has 0 saturated carbocycles. The van der Waals surface area contributed by atoms with Crippen LogP contribution < -0.4 is 0 Å². The molecule has 5 heteroatoms. The van der Waals surface area contributed by atoms with Crippen molar-refractivity contribution in [3.05, 3.63) is 35.9 Å². The summed E-state index contributed by atoms with van der Waals surface area (Å²) >= 11 is 0. The molecular weight excluding hydrogens is 316 g/mol. The fourth-order valence-corrected chi connectivity index (χ4v) is 3.78. The Morgan fingerprint density at radius 3 is 2.68 bits per heavy atom. The maximum Gasteiger partial charge on any atom is 0.248 e. The normalized spacial score (nSPS) is 23.0. The molecular formula is C20H30N2O3. The minimum atomic E-state index is 0.00179. The van der Waals surface area contributed by atoms with Crippen molar-refractivity contribution >= 4 is 5.91 Å². The molecule has 1 amide bonds. The molecule has 1 aromatic rings. The average Bonchev–Trinajstić information content (AvgIpc) is 3.01. The zero-order valence-corrected chi connectivity index (χ0v) is 15.4. The van der Waals surface area contributed by atoms with Crippen molar-refractivity contribution in [2.24, 2.45) is 5.41 Å². The van der Waals surface area contributed by atoms with Crippen molar-refractivity contribution in [1.29, 1.82) is 0 Å². The van der Waals surface area contributed by atoms with Crippen LogP contribution in [0.1, 0.15) is 24.8 Å². The summed E-state index contributed by atoms with van der Waals surface area (Å²) in [5.74, 6) is 0.00179. The van der Waals surface area contributed by atoms with Crippen molar-refractivity contribution in [2.45, 2.75) is 31.9 Å². The molecule has 5 nitrogen and oxygen atoms in total. The van der Waals surface area contributed by atoms with E-state index in [4.69, 9.17) is 9.47 Å². The number of piperidine rings is 1. The first kappa shape index (κ1) is 18.4. The van der Waals surface area contributed by atoms with Crippen molar-refractivity contribution in [2.75, 3.05) is 47.0 Å². The van der Waals surface area contributed by atoms with Gasteiger partial charge in [-0.3, -0.25) is 9.69 Å². The molecule has 0 bridgehead atoms. The van der Waals surface area contributed by atoms with E-state index in [2.05, 4.69) is 35.2 Å². The van der Waals surface area contributed by atoms with Crippen LogP contribution in [0.5, 0.6) is 0 Å². The summed E-state index contributed by atoms with van der Waals surface area (Å²) in [5, 5.41) is 0. The number of hydrogen-bond donors (Lipinski definition) is 0. The van der Waals surface area contributed by atoms with E-state index in [0.29, 0.717) is 12.0 Å². The third kappa shape index (κ3) is 5.03. The Morgan fingerprint density at radius 1 is 1.28 bits per heavy atom. The highest BCUT2D eigenvalue weighted by Gasteiger charge is 2.42. The third-order valence-electron chi connectivity index (χ3n) is 5.48. The van der Waals surface area contributed by atoms with Crippen LogP contribution in [0.15, 0.2) is 30.3 Å². The van der Waals surface area contributed by atoms with Gasteiger partial charge in [-0.15, -0.1) is 0 Å². The highest BCUT2D eigenvalue weighted by atomic mass is 16.5. The van der Waals surface area contributed by atoms with Crippen LogP contribution in [0.3, 0.4) is 0 Å². The van der Waals surface area contributed by atoms with E-state index < -0.39 is 0 Å². The van der Waals surface area contributed by atoms with Crippen molar-refractivity contribution in [3.8, 4) is 0 Å². The number of carbonyl (C=O) groups is 1. The van der Waals surface area contributed by atoms with Gasteiger partial charge in [-0.1, -0.05) is 30.3 Å². The fourth-order valence-electron chi connectivity index (χ4n) is 3.78. The minimum Gasteiger partial charge on any atom is -0.375 e. The molecule has 2 fully saturated rings. The van der Waals surface area contributed by atoms with Gasteiger partial charge in [0.25, 0.3) is 0 Å². The van der Waals surface area contributed by atoms with Crippen LogP contribution in [-0.4, -0.2) is 68.8 Å². The van der Waals surface area contributed by atoms with Gasteiger partial charge < -0.3 is 14.4 Å². The molecule has 138 valence electrons. The molecule has 2 heterocycles. The topological polar surface area (TPSA) is 42.0 Å². The summed E-state index contributed by atoms with van der Waals surface area (Å²) in [6, 6.07) is 10.7. The Kier molecular flexibility index (Phi) is 6.10. The molecule has 1 spiro atoms. The Hall–Kier alpha value is -1.43. The second kappa shape index (κ2) is 8.30. The van der Waals surface area contributed by atoms with Crippen molar-refractivity contribution in [1.82, 2.24) is 9.80 Å². The Bertz CT molecular complexity index is 553. The first-order valence-corrected chi connectivity index (χ1v) is 9.22. The summed E-state index contributed by atoms with van der Waals surface area (Å²) < 4.78 is 11.5. The van der Waals surface area contributed by atoms with Crippen molar-refractivity contribution < 1.29 is 14.3 Å². The standard InChI is InChI=1S/C20H30N2O3/c1-21(2)19(23)15-24-14-18-12-20(16-25-18)8-10-22(11-9-20)13-17-6-4-3-5-7-17/h3-7,18H,8-16H2,1-2H3/t18-/m0/s1. The Balaban J connectivity index is 1.39. The third-order valence-corrected chi connectivity index (χ3v) is 5.48. The number of hydrogen-bond acceptors (Lipinski definition) is 4. The van der Waals surface area contributed by atoms with Crippen LogP contribution in [0, 0.1) is 5.41 Å². The summed E-state index contributed by atoms with van der Waals surface area (Å²) in [4.78, 5) is 15.6. The van der Waals surface area contributed by atoms with Gasteiger partial charge in [0.15, 0.2) is 0 Å². The van der Waals surface area contributed by atoms with Gasteiger partial charge in [-0.05, 0) is 43.3 Å². The first-order valence-electron chi connectivity index (χ1n) is 9.22. The van der Waals surface area contributed by atoms with Gasteiger partial charge in [-0.2, -0.15) is 0 Å². The number of amides is 1. The van der Waals surface area contributed by atoms with Crippen LogP contribution in [0.4, 0.5) is 0 Å². The number of likely N-dealkylation sites (tertiary alicyclic amines) is 1. The molecule has 0 aromatic heterocycles. The van der Waals surface area contributed by atoms with Gasteiger partial charge in [-0.25, -0.2) is 0 Å². The van der Waals surface area contributed by atoms with Crippen molar-refractivity contribution in [3.63, 3.8) is 0 Å². The Labute approximate surface area is 150 Å². The van der Waals surface area contributed by atoms with Crippen LogP contribution in [-0.2, 0) is 20.8 Å². The summed E-state index contributed by atoms with van der Waals surface area (Å²) in [6.45, 7) is 4.80. The average molecular weight is 346 g/mol. The lowest BCUT2D eigenvalue weighted by molar-refractivity contribution is -0.134. The molecule has 2 aliphatic rings. The van der Waals surface area contributed by atoms with E-state index in [-0.39, 0.29) is 18.6 Å². The largest absolute Gasteiger partial charge is 0.375 e. The summed E-state index contributed by atoms with van der Waals surface area (Å²) in [6.07, 6.45) is 3.57. The number of likely N-dealkylation sites (N-methyl/N-ethyl adjacent to an activating group) is 1. The molecule has 1 atom stereocenters. The summed E-state index contributed by atoms with van der Waals surface area (Å²) in [7, 11) is 3.49. The molecule has 2 saturated heterocycles. The van der Waals surface area contributed by atoms with Crippen LogP contribution in [0.2, 0.25) is 0 Å². The quantitative estimate of drug-likeness (QED) is 0.792. The van der Waals surface area contributed by atoms with E-state index in [9.17, 15) is 4.79 Å². The number of ether oxygens (including phenoxy) is 2. The molecule has 0 N–H and O–H groups in total. The second-order valence-corrected chi connectivity index (χ2v) is 7.70. The van der Waals surface area contributed by atoms with Crippen LogP contribution >= 0.6 is 0 Å². The van der Waals surface area contributed by atoms with Gasteiger partial charge in [0.05, 0.1) is 19.3 Å². The Morgan fingerprint density at radius 2 is 2.00 bits per heavy atom. The fraction of sp³-hybridized carbons (Fsp3) is 0.650. The lowest BCUT2D eigenvalue weighted by Crippen LogP contribution is -2.40. The van der Waals surface area contributed by atoms with E-state index in [0.717, 1.165) is 32.7 Å². The predicted molar refractivity (Wildman–Crippen MR) is 97.3 cm³/mol. The lowest BCUT2D eigenvalue weighted by Gasteiger charge is -2.38. The minimum absolute atomic E-state index is 0.00179. The monoisotopic (exact) mass is 346 g/mol. The first-order chi connectivity index (χ1) is 12.1. The molecule has 0 radical (unpaired) electrons. The second-order valence-electron chi connectivity index (χ2n) is 7.70. The molecule has 3 rings (SSSR count). The molecule has 2 aliphatic heterocycles. The highest BCUT2D eigenvalue weighted by molar-refractivity contribution is 5.76. The number of rotatable bonds is 6. The highest BCUT2D eigenvalue weighted by Crippen LogP contribution is 2.42. The van der Waals surface area contributed by atoms with E-state index in [1.165, 1.54) is 18.4 Å². The zero-order chi connectivity index (χ0) is 17.7. The van der Waals surface area contributed by atoms with Gasteiger partial charge >= 0.3 is 0 Å². The maximum atomic E-state index is 11.6. The zero-order valence-electron chi connectivity index (χ0n) is 15.4. The van der Waals surface area contributed by atoms with E-state index in [1.807, 2.05) is 0 Å². The lowest BCUT2D eigenvalue weighted by atomic mass is 9.76. The van der Waals surface area contributed by atoms with E-state index >= 15 is 0 Å². The molecule has 1 aromatic carbocycles. The van der Waals surface area contributed by atoms with E-state index in [1.54, 1.807) is 19.0 Å². The van der Waals surface area contributed by atoms with Gasteiger partial charge in [0, 0.05) is 20.6 Å². The molecule has 0 aliphatic carbocycles. The van der Waals surface area contributed by atoms with Crippen LogP contribution in [0.25, 0.3) is 0 Å². The number of nitrogens with zero attached hydrogens (tertiary/aromatic N) is 2.